The van der Waals surface area contributed by atoms with Gasteiger partial charge in [0.1, 0.15) is 11.6 Å². The Bertz CT molecular complexity index is 712. The predicted molar refractivity (Wildman–Crippen MR) is 97.3 cm³/mol. The van der Waals surface area contributed by atoms with Crippen LogP contribution in [0, 0.1) is 5.82 Å². The second-order valence-corrected chi connectivity index (χ2v) is 6.37. The van der Waals surface area contributed by atoms with Gasteiger partial charge in [-0.2, -0.15) is 0 Å². The van der Waals surface area contributed by atoms with Crippen LogP contribution < -0.4 is 10.2 Å². The quantitative estimate of drug-likeness (QED) is 0.907. The van der Waals surface area contributed by atoms with Crippen LogP contribution in [0.5, 0.6) is 0 Å². The molecule has 1 aliphatic rings. The summed E-state index contributed by atoms with van der Waals surface area (Å²) in [6.07, 6.45) is 2.51. The normalized spacial score (nSPS) is 15.2. The molecule has 5 nitrogen and oxygen atoms in total. The van der Waals surface area contributed by atoms with E-state index >= 15 is 0 Å². The average molecular weight is 342 g/mol. The molecule has 0 aliphatic carbocycles. The third-order valence-electron chi connectivity index (χ3n) is 4.39. The van der Waals surface area contributed by atoms with E-state index in [0.29, 0.717) is 18.5 Å². The maximum absolute atomic E-state index is 13.1. The minimum atomic E-state index is -0.276. The van der Waals surface area contributed by atoms with Gasteiger partial charge in [0, 0.05) is 32.6 Å². The first kappa shape index (κ1) is 17.4. The summed E-state index contributed by atoms with van der Waals surface area (Å²) in [7, 11) is 2.12. The molecule has 1 saturated heterocycles. The molecule has 1 aliphatic heterocycles. The molecule has 0 saturated carbocycles. The van der Waals surface area contributed by atoms with Gasteiger partial charge in [-0.1, -0.05) is 12.1 Å². The maximum Gasteiger partial charge on any atom is 0.224 e. The van der Waals surface area contributed by atoms with Crippen molar-refractivity contribution in [1.29, 1.82) is 0 Å². The topological polar surface area (TPSA) is 48.5 Å². The molecule has 2 heterocycles. The summed E-state index contributed by atoms with van der Waals surface area (Å²) in [5.74, 6) is 0.561. The highest BCUT2D eigenvalue weighted by atomic mass is 19.1. The Kier molecular flexibility index (Phi) is 5.60. The van der Waals surface area contributed by atoms with Crippen LogP contribution in [-0.2, 0) is 11.2 Å². The molecule has 0 atom stereocenters. The van der Waals surface area contributed by atoms with E-state index in [0.717, 1.165) is 37.6 Å². The van der Waals surface area contributed by atoms with Gasteiger partial charge < -0.3 is 15.1 Å². The molecule has 0 spiro atoms. The van der Waals surface area contributed by atoms with Crippen LogP contribution in [0.3, 0.4) is 0 Å². The van der Waals surface area contributed by atoms with Crippen molar-refractivity contribution in [3.8, 4) is 0 Å². The van der Waals surface area contributed by atoms with Crippen molar-refractivity contribution in [3.63, 3.8) is 0 Å². The first-order chi connectivity index (χ1) is 12.1. The molecule has 0 bridgehead atoms. The van der Waals surface area contributed by atoms with Crippen molar-refractivity contribution >= 4 is 17.4 Å². The zero-order valence-corrected chi connectivity index (χ0v) is 14.4. The molecule has 6 heteroatoms. The van der Waals surface area contributed by atoms with Crippen LogP contribution in [-0.4, -0.2) is 49.0 Å². The standard InChI is InChI=1S/C19H23FN4O/c1-23-9-11-24(12-10-23)18-7-6-17(14-21-18)22-19(25)8-5-15-3-2-4-16(20)13-15/h2-4,6-7,13-14H,5,8-12H2,1H3,(H,22,25). The van der Waals surface area contributed by atoms with E-state index in [1.807, 2.05) is 18.2 Å². The van der Waals surface area contributed by atoms with Crippen LogP contribution in [0.4, 0.5) is 15.9 Å². The lowest BCUT2D eigenvalue weighted by Crippen LogP contribution is -2.44. The summed E-state index contributed by atoms with van der Waals surface area (Å²) < 4.78 is 13.1. The SMILES string of the molecule is CN1CCN(c2ccc(NC(=O)CCc3cccc(F)c3)cn2)CC1. The third-order valence-corrected chi connectivity index (χ3v) is 4.39. The zero-order valence-electron chi connectivity index (χ0n) is 14.4. The van der Waals surface area contributed by atoms with Crippen LogP contribution >= 0.6 is 0 Å². The van der Waals surface area contributed by atoms with Gasteiger partial charge in [0.15, 0.2) is 0 Å². The lowest BCUT2D eigenvalue weighted by molar-refractivity contribution is -0.116. The van der Waals surface area contributed by atoms with E-state index in [1.165, 1.54) is 12.1 Å². The number of rotatable bonds is 5. The fraction of sp³-hybridized carbons (Fsp3) is 0.368. The van der Waals surface area contributed by atoms with Crippen LogP contribution in [0.1, 0.15) is 12.0 Å². The lowest BCUT2D eigenvalue weighted by atomic mass is 10.1. The number of pyridine rings is 1. The molecule has 0 unspecified atom stereocenters. The predicted octanol–water partition coefficient (Wildman–Crippen LogP) is 2.54. The molecule has 3 rings (SSSR count). The second kappa shape index (κ2) is 8.07. The summed E-state index contributed by atoms with van der Waals surface area (Å²) >= 11 is 0. The van der Waals surface area contributed by atoms with Gasteiger partial charge in [-0.15, -0.1) is 0 Å². The molecule has 1 aromatic heterocycles. The highest BCUT2D eigenvalue weighted by Crippen LogP contribution is 2.16. The van der Waals surface area contributed by atoms with Crippen LogP contribution in [0.2, 0.25) is 0 Å². The second-order valence-electron chi connectivity index (χ2n) is 6.37. The molecule has 2 aromatic rings. The number of anilines is 2. The summed E-state index contributed by atoms with van der Waals surface area (Å²) in [6.45, 7) is 3.98. The number of amides is 1. The molecule has 1 N–H and O–H groups in total. The minimum Gasteiger partial charge on any atom is -0.354 e. The summed E-state index contributed by atoms with van der Waals surface area (Å²) in [5, 5.41) is 2.84. The van der Waals surface area contributed by atoms with Gasteiger partial charge in [-0.05, 0) is 43.3 Å². The third kappa shape index (κ3) is 5.00. The van der Waals surface area contributed by atoms with Crippen LogP contribution in [0.25, 0.3) is 0 Å². The minimum absolute atomic E-state index is 0.0987. The Morgan fingerprint density at radius 1 is 1.20 bits per heavy atom. The average Bonchev–Trinajstić information content (AvgIpc) is 2.62. The summed E-state index contributed by atoms with van der Waals surface area (Å²) in [4.78, 5) is 21.0. The van der Waals surface area contributed by atoms with Gasteiger partial charge >= 0.3 is 0 Å². The molecule has 25 heavy (non-hydrogen) atoms. The monoisotopic (exact) mass is 342 g/mol. The van der Waals surface area contributed by atoms with Gasteiger partial charge in [0.25, 0.3) is 0 Å². The number of nitrogens with zero attached hydrogens (tertiary/aromatic N) is 3. The Hall–Kier alpha value is -2.47. The highest BCUT2D eigenvalue weighted by Gasteiger charge is 2.15. The first-order valence-corrected chi connectivity index (χ1v) is 8.54. The van der Waals surface area contributed by atoms with Crippen molar-refractivity contribution in [2.24, 2.45) is 0 Å². The number of likely N-dealkylation sites (N-methyl/N-ethyl adjacent to an activating group) is 1. The molecule has 1 amide bonds. The van der Waals surface area contributed by atoms with Crippen molar-refractivity contribution in [1.82, 2.24) is 9.88 Å². The first-order valence-electron chi connectivity index (χ1n) is 8.54. The summed E-state index contributed by atoms with van der Waals surface area (Å²) in [5.41, 5.74) is 1.50. The number of aryl methyl sites for hydroxylation is 1. The van der Waals surface area contributed by atoms with E-state index in [9.17, 15) is 9.18 Å². The number of hydrogen-bond donors (Lipinski definition) is 1. The van der Waals surface area contributed by atoms with E-state index < -0.39 is 0 Å². The lowest BCUT2D eigenvalue weighted by Gasteiger charge is -2.33. The molecule has 132 valence electrons. The number of carbonyl (C=O) groups excluding carboxylic acids is 1. The van der Waals surface area contributed by atoms with Crippen molar-refractivity contribution in [2.75, 3.05) is 43.4 Å². The largest absolute Gasteiger partial charge is 0.354 e. The number of benzene rings is 1. The highest BCUT2D eigenvalue weighted by molar-refractivity contribution is 5.90. The Morgan fingerprint density at radius 3 is 2.68 bits per heavy atom. The Balaban J connectivity index is 1.50. The Labute approximate surface area is 147 Å². The molecule has 1 aromatic carbocycles. The molecular formula is C19H23FN4O. The fourth-order valence-electron chi connectivity index (χ4n) is 2.86. The van der Waals surface area contributed by atoms with Gasteiger partial charge in [-0.3, -0.25) is 4.79 Å². The van der Waals surface area contributed by atoms with Gasteiger partial charge in [-0.25, -0.2) is 9.37 Å². The number of carbonyl (C=O) groups is 1. The van der Waals surface area contributed by atoms with E-state index in [1.54, 1.807) is 12.3 Å². The smallest absolute Gasteiger partial charge is 0.224 e. The summed E-state index contributed by atoms with van der Waals surface area (Å²) in [6, 6.07) is 10.2. The number of piperazine rings is 1. The number of halogens is 1. The van der Waals surface area contributed by atoms with Crippen molar-refractivity contribution in [2.45, 2.75) is 12.8 Å². The fourth-order valence-corrected chi connectivity index (χ4v) is 2.86. The molecule has 0 radical (unpaired) electrons. The maximum atomic E-state index is 13.1. The van der Waals surface area contributed by atoms with Crippen molar-refractivity contribution in [3.05, 3.63) is 54.0 Å². The zero-order chi connectivity index (χ0) is 17.6. The van der Waals surface area contributed by atoms with E-state index in [2.05, 4.69) is 27.1 Å². The number of nitrogens with one attached hydrogen (secondary N) is 1. The van der Waals surface area contributed by atoms with Gasteiger partial charge in [0.2, 0.25) is 5.91 Å². The van der Waals surface area contributed by atoms with E-state index in [-0.39, 0.29) is 11.7 Å². The number of hydrogen-bond acceptors (Lipinski definition) is 4. The molecule has 1 fully saturated rings. The molecular weight excluding hydrogens is 319 g/mol. The van der Waals surface area contributed by atoms with Gasteiger partial charge in [0.05, 0.1) is 11.9 Å². The Morgan fingerprint density at radius 2 is 2.00 bits per heavy atom. The van der Waals surface area contributed by atoms with Crippen LogP contribution in [0.15, 0.2) is 42.6 Å². The van der Waals surface area contributed by atoms with Crippen molar-refractivity contribution < 1.29 is 9.18 Å². The van der Waals surface area contributed by atoms with E-state index in [4.69, 9.17) is 0 Å². The number of aromatic nitrogens is 1.